The second-order valence-electron chi connectivity index (χ2n) is 14.3. The molecule has 1 fully saturated rings. The number of aryl methyl sites for hydroxylation is 2. The molecule has 194 valence electrons. The Bertz CT molecular complexity index is 1200. The average molecular weight is 487 g/mol. The van der Waals surface area contributed by atoms with E-state index in [2.05, 4.69) is 89.2 Å². The third kappa shape index (κ3) is 3.45. The van der Waals surface area contributed by atoms with Crippen LogP contribution in [-0.2, 0) is 12.8 Å². The molecule has 2 aromatic heterocycles. The van der Waals surface area contributed by atoms with Gasteiger partial charge in [-0.25, -0.2) is 19.9 Å². The van der Waals surface area contributed by atoms with Gasteiger partial charge in [0, 0.05) is 18.3 Å². The molecule has 4 aliphatic carbocycles. The Kier molecular flexibility index (Phi) is 5.82. The van der Waals surface area contributed by atoms with Gasteiger partial charge >= 0.3 is 0 Å². The van der Waals surface area contributed by atoms with Crippen molar-refractivity contribution in [3.8, 4) is 0 Å². The lowest BCUT2D eigenvalue weighted by Crippen LogP contribution is -2.29. The van der Waals surface area contributed by atoms with Crippen molar-refractivity contribution in [1.29, 1.82) is 0 Å². The van der Waals surface area contributed by atoms with Crippen molar-refractivity contribution >= 4 is 5.57 Å². The van der Waals surface area contributed by atoms with Gasteiger partial charge in [0.05, 0.1) is 11.4 Å². The van der Waals surface area contributed by atoms with Gasteiger partial charge in [0.15, 0.2) is 0 Å². The minimum atomic E-state index is 0.211. The molecule has 0 N–H and O–H groups in total. The summed E-state index contributed by atoms with van der Waals surface area (Å²) in [7, 11) is 0. The van der Waals surface area contributed by atoms with E-state index in [0.717, 1.165) is 24.7 Å². The summed E-state index contributed by atoms with van der Waals surface area (Å²) in [6.07, 6.45) is 12.2. The molecule has 36 heavy (non-hydrogen) atoms. The second-order valence-corrected chi connectivity index (χ2v) is 14.3. The van der Waals surface area contributed by atoms with Crippen LogP contribution in [0.15, 0.2) is 30.6 Å². The summed E-state index contributed by atoms with van der Waals surface area (Å²) in [6, 6.07) is 0. The van der Waals surface area contributed by atoms with Crippen LogP contribution in [0.3, 0.4) is 0 Å². The van der Waals surface area contributed by atoms with E-state index in [-0.39, 0.29) is 5.41 Å². The van der Waals surface area contributed by atoms with E-state index in [4.69, 9.17) is 0 Å². The standard InChI is InChI=1S/C16H24N2.C16H22N2/c2*1-10-15(2,3)12-7-6-11-8-17-9-18-14(11)13(12)16(10,4)5/h8-10,12-13H,6-7H2,1-5H3;8-10H,6-7H2,1-5H3/t10?,12-,13-;/m1./s1. The Hall–Kier alpha value is -2.10. The fourth-order valence-electron chi connectivity index (χ4n) is 8.74. The molecule has 4 nitrogen and oxygen atoms in total. The predicted octanol–water partition coefficient (Wildman–Crippen LogP) is 7.70. The molecule has 2 aromatic rings. The number of hydrogen-bond acceptors (Lipinski definition) is 4. The normalized spacial score (nSPS) is 31.9. The number of rotatable bonds is 0. The summed E-state index contributed by atoms with van der Waals surface area (Å²) in [4.78, 5) is 17.6. The van der Waals surface area contributed by atoms with Crippen LogP contribution in [0.2, 0.25) is 0 Å². The monoisotopic (exact) mass is 486 g/mol. The van der Waals surface area contributed by atoms with Crippen LogP contribution in [0.25, 0.3) is 5.57 Å². The van der Waals surface area contributed by atoms with E-state index in [1.807, 2.05) is 12.4 Å². The number of fused-ring (bicyclic) bond motifs is 5. The first kappa shape index (κ1) is 25.5. The zero-order valence-corrected chi connectivity index (χ0v) is 24.2. The minimum absolute atomic E-state index is 0.211. The van der Waals surface area contributed by atoms with Gasteiger partial charge in [-0.2, -0.15) is 0 Å². The molecule has 0 aliphatic heterocycles. The molecule has 4 aliphatic rings. The van der Waals surface area contributed by atoms with E-state index in [1.165, 1.54) is 40.9 Å². The number of nitrogens with zero attached hydrogens (tertiary/aromatic N) is 4. The van der Waals surface area contributed by atoms with Crippen LogP contribution in [0.1, 0.15) is 111 Å². The largest absolute Gasteiger partial charge is 0.245 e. The lowest BCUT2D eigenvalue weighted by Gasteiger charge is -2.37. The Labute approximate surface area is 218 Å². The van der Waals surface area contributed by atoms with Crippen molar-refractivity contribution < 1.29 is 0 Å². The number of hydrogen-bond donors (Lipinski definition) is 0. The first-order valence-electron chi connectivity index (χ1n) is 14.1. The first-order chi connectivity index (χ1) is 16.7. The number of allylic oxidation sites excluding steroid dienone is 2. The second kappa shape index (κ2) is 8.20. The molecule has 0 amide bonds. The maximum absolute atomic E-state index is 4.65. The smallest absolute Gasteiger partial charge is 0.116 e. The summed E-state index contributed by atoms with van der Waals surface area (Å²) >= 11 is 0. The van der Waals surface area contributed by atoms with Gasteiger partial charge in [-0.1, -0.05) is 74.8 Å². The van der Waals surface area contributed by atoms with E-state index in [1.54, 1.807) is 18.2 Å². The molecule has 2 unspecified atom stereocenters. The molecule has 0 aromatic carbocycles. The van der Waals surface area contributed by atoms with Crippen LogP contribution in [0.4, 0.5) is 0 Å². The van der Waals surface area contributed by atoms with Crippen molar-refractivity contribution in [3.05, 3.63) is 53.1 Å². The summed E-state index contributed by atoms with van der Waals surface area (Å²) in [5.41, 5.74) is 9.65. The third-order valence-corrected chi connectivity index (χ3v) is 11.8. The summed E-state index contributed by atoms with van der Waals surface area (Å²) < 4.78 is 0. The molecule has 0 radical (unpaired) electrons. The number of aromatic nitrogens is 4. The maximum Gasteiger partial charge on any atom is 0.116 e. The van der Waals surface area contributed by atoms with Gasteiger partial charge in [0.1, 0.15) is 12.7 Å². The quantitative estimate of drug-likeness (QED) is 0.383. The molecule has 0 saturated heterocycles. The molecular weight excluding hydrogens is 440 g/mol. The first-order valence-corrected chi connectivity index (χ1v) is 14.1. The Morgan fingerprint density at radius 3 is 2.03 bits per heavy atom. The molecule has 0 spiro atoms. The SMILES string of the molecule is CC1C(C)(C)C2=C(c3ncncc3CC2)C1(C)C.CC1C(C)(C)[C@@H]2CCc3cncnc3[C@@H]2C1(C)C. The minimum Gasteiger partial charge on any atom is -0.245 e. The molecule has 6 rings (SSSR count). The lowest BCUT2D eigenvalue weighted by molar-refractivity contribution is 0.150. The Morgan fingerprint density at radius 2 is 1.33 bits per heavy atom. The molecule has 2 heterocycles. The van der Waals surface area contributed by atoms with Crippen LogP contribution >= 0.6 is 0 Å². The van der Waals surface area contributed by atoms with Gasteiger partial charge in [0.2, 0.25) is 0 Å². The molecule has 1 saturated carbocycles. The third-order valence-electron chi connectivity index (χ3n) is 11.8. The van der Waals surface area contributed by atoms with Crippen molar-refractivity contribution in [2.45, 2.75) is 101 Å². The van der Waals surface area contributed by atoms with E-state index in [0.29, 0.717) is 28.1 Å². The fourth-order valence-corrected chi connectivity index (χ4v) is 8.74. The highest BCUT2D eigenvalue weighted by molar-refractivity contribution is 5.78. The predicted molar refractivity (Wildman–Crippen MR) is 147 cm³/mol. The van der Waals surface area contributed by atoms with Crippen molar-refractivity contribution in [2.24, 2.45) is 39.4 Å². The van der Waals surface area contributed by atoms with Gasteiger partial charge in [-0.05, 0) is 81.8 Å². The van der Waals surface area contributed by atoms with E-state index < -0.39 is 0 Å². The molecule has 4 heteroatoms. The zero-order chi connectivity index (χ0) is 26.3. The van der Waals surface area contributed by atoms with Crippen LogP contribution in [0, 0.1) is 39.4 Å². The fraction of sp³-hybridized carbons (Fsp3) is 0.688. The van der Waals surface area contributed by atoms with Gasteiger partial charge in [-0.15, -0.1) is 0 Å². The Balaban J connectivity index is 0.000000148. The van der Waals surface area contributed by atoms with Crippen molar-refractivity contribution in [2.75, 3.05) is 0 Å². The lowest BCUT2D eigenvalue weighted by atomic mass is 9.68. The zero-order valence-electron chi connectivity index (χ0n) is 24.2. The van der Waals surface area contributed by atoms with Crippen LogP contribution in [0.5, 0.6) is 0 Å². The summed E-state index contributed by atoms with van der Waals surface area (Å²) in [5, 5.41) is 0. The van der Waals surface area contributed by atoms with Gasteiger partial charge < -0.3 is 0 Å². The van der Waals surface area contributed by atoms with Gasteiger partial charge in [0.25, 0.3) is 0 Å². The topological polar surface area (TPSA) is 51.6 Å². The van der Waals surface area contributed by atoms with Crippen LogP contribution < -0.4 is 0 Å². The van der Waals surface area contributed by atoms with Crippen molar-refractivity contribution in [3.63, 3.8) is 0 Å². The summed E-state index contributed by atoms with van der Waals surface area (Å²) in [5.74, 6) is 2.75. The highest BCUT2D eigenvalue weighted by atomic mass is 14.9. The summed E-state index contributed by atoms with van der Waals surface area (Å²) in [6.45, 7) is 24.1. The van der Waals surface area contributed by atoms with E-state index >= 15 is 0 Å². The molecule has 0 bridgehead atoms. The van der Waals surface area contributed by atoms with E-state index in [9.17, 15) is 0 Å². The van der Waals surface area contributed by atoms with Crippen LogP contribution in [-0.4, -0.2) is 19.9 Å². The molecule has 4 atom stereocenters. The van der Waals surface area contributed by atoms with Crippen molar-refractivity contribution in [1.82, 2.24) is 19.9 Å². The van der Waals surface area contributed by atoms with Gasteiger partial charge in [-0.3, -0.25) is 0 Å². The highest BCUT2D eigenvalue weighted by Gasteiger charge is 2.59. The highest BCUT2D eigenvalue weighted by Crippen LogP contribution is 2.66. The maximum atomic E-state index is 4.65. The average Bonchev–Trinajstić information content (AvgIpc) is 3.09. The Morgan fingerprint density at radius 1 is 0.694 bits per heavy atom. The molecular formula is C32H46N4.